The highest BCUT2D eigenvalue weighted by Crippen LogP contribution is 2.38. The van der Waals surface area contributed by atoms with Crippen molar-refractivity contribution in [3.8, 4) is 46.2 Å². The van der Waals surface area contributed by atoms with E-state index in [4.69, 9.17) is 9.47 Å². The summed E-state index contributed by atoms with van der Waals surface area (Å²) in [6, 6.07) is 17.5. The van der Waals surface area contributed by atoms with Crippen LogP contribution in [0.4, 0.5) is 26.3 Å². The zero-order chi connectivity index (χ0) is 46.3. The van der Waals surface area contributed by atoms with Crippen LogP contribution in [0, 0.1) is 13.8 Å². The highest BCUT2D eigenvalue weighted by molar-refractivity contribution is 5.57. The molecule has 0 spiro atoms. The predicted octanol–water partition coefficient (Wildman–Crippen LogP) is 9.57. The highest BCUT2D eigenvalue weighted by atomic mass is 19.4. The van der Waals surface area contributed by atoms with Crippen molar-refractivity contribution in [1.82, 2.24) is 58.6 Å². The number of rotatable bonds is 8. The quantitative estimate of drug-likeness (QED) is 0.135. The van der Waals surface area contributed by atoms with Gasteiger partial charge in [-0.15, -0.1) is 10.2 Å². The lowest BCUT2D eigenvalue weighted by Crippen LogP contribution is -2.20. The highest BCUT2D eigenvalue weighted by Gasteiger charge is 2.34. The average Bonchev–Trinajstić information content (AvgIpc) is 4.15. The van der Waals surface area contributed by atoms with Crippen LogP contribution in [-0.4, -0.2) is 72.8 Å². The number of nitrogens with zero attached hydrogens (tertiary/aromatic N) is 12. The van der Waals surface area contributed by atoms with Crippen molar-refractivity contribution in [3.05, 3.63) is 143 Å². The number of imidazole rings is 2. The number of halogens is 6. The first-order valence-corrected chi connectivity index (χ1v) is 21.0. The minimum absolute atomic E-state index is 0.313. The molecule has 0 radical (unpaired) electrons. The molecule has 8 aromatic rings. The molecule has 2 aliphatic heterocycles. The second kappa shape index (κ2) is 17.5. The molecule has 0 amide bonds. The molecule has 10 rings (SSSR count). The van der Waals surface area contributed by atoms with Crippen LogP contribution in [0.5, 0.6) is 11.8 Å². The van der Waals surface area contributed by atoms with Gasteiger partial charge in [0.05, 0.1) is 61.5 Å². The van der Waals surface area contributed by atoms with Gasteiger partial charge in [0.15, 0.2) is 11.6 Å². The van der Waals surface area contributed by atoms with Crippen LogP contribution in [0.1, 0.15) is 83.1 Å². The first kappa shape index (κ1) is 43.9. The number of alkyl halides is 6. The Labute approximate surface area is 374 Å². The fourth-order valence-electron chi connectivity index (χ4n) is 8.29. The Balaban J connectivity index is 0.000000166. The molecule has 0 saturated heterocycles. The summed E-state index contributed by atoms with van der Waals surface area (Å²) in [4.78, 5) is 26.9. The largest absolute Gasteiger partial charge is 0.479 e. The summed E-state index contributed by atoms with van der Waals surface area (Å²) in [6.07, 6.45) is 2.72. The number of benzene rings is 2. The fourth-order valence-corrected chi connectivity index (χ4v) is 8.29. The van der Waals surface area contributed by atoms with E-state index in [0.717, 1.165) is 59.4 Å². The van der Waals surface area contributed by atoms with Gasteiger partial charge in [-0.25, -0.2) is 39.3 Å². The number of hydrogen-bond acceptors (Lipinski definition) is 10. The van der Waals surface area contributed by atoms with E-state index in [1.165, 1.54) is 38.5 Å². The van der Waals surface area contributed by atoms with Gasteiger partial charge in [-0.05, 0) is 99.2 Å². The summed E-state index contributed by atoms with van der Waals surface area (Å²) in [5, 5.41) is 9.28. The minimum atomic E-state index is -4.39. The zero-order valence-corrected chi connectivity index (χ0v) is 36.1. The Morgan fingerprint density at radius 2 is 0.985 bits per heavy atom. The Morgan fingerprint density at radius 3 is 1.35 bits per heavy atom. The molecule has 14 nitrogen and oxygen atoms in total. The van der Waals surface area contributed by atoms with Crippen molar-refractivity contribution in [2.45, 2.75) is 76.8 Å². The molecule has 2 aromatic carbocycles. The van der Waals surface area contributed by atoms with Gasteiger partial charge < -0.3 is 18.6 Å². The summed E-state index contributed by atoms with van der Waals surface area (Å²) >= 11 is 0. The first-order chi connectivity index (χ1) is 31.7. The molecule has 340 valence electrons. The number of aromatic nitrogens is 12. The van der Waals surface area contributed by atoms with E-state index < -0.39 is 23.5 Å². The molecule has 6 aromatic heterocycles. The Morgan fingerprint density at radius 1 is 0.561 bits per heavy atom. The van der Waals surface area contributed by atoms with Gasteiger partial charge in [0.1, 0.15) is 34.4 Å². The summed E-state index contributed by atoms with van der Waals surface area (Å²) in [6.45, 7) is 3.79. The molecule has 0 bridgehead atoms. The van der Waals surface area contributed by atoms with Crippen molar-refractivity contribution >= 4 is 0 Å². The number of fused-ring (bicyclic) bond motifs is 2. The number of pyridine rings is 2. The van der Waals surface area contributed by atoms with E-state index in [9.17, 15) is 26.3 Å². The van der Waals surface area contributed by atoms with Gasteiger partial charge in [-0.2, -0.15) is 26.3 Å². The van der Waals surface area contributed by atoms with E-state index in [2.05, 4.69) is 40.1 Å². The molecule has 0 unspecified atom stereocenters. The van der Waals surface area contributed by atoms with Crippen LogP contribution in [0.25, 0.3) is 34.4 Å². The predicted molar refractivity (Wildman–Crippen MR) is 228 cm³/mol. The van der Waals surface area contributed by atoms with Gasteiger partial charge in [-0.1, -0.05) is 24.3 Å². The molecule has 66 heavy (non-hydrogen) atoms. The lowest BCUT2D eigenvalue weighted by Gasteiger charge is -2.24. The van der Waals surface area contributed by atoms with Crippen LogP contribution in [0.15, 0.2) is 97.8 Å². The molecule has 2 atom stereocenters. The van der Waals surface area contributed by atoms with E-state index >= 15 is 0 Å². The van der Waals surface area contributed by atoms with Gasteiger partial charge in [-0.3, -0.25) is 0 Å². The zero-order valence-electron chi connectivity index (χ0n) is 36.1. The van der Waals surface area contributed by atoms with Crippen molar-refractivity contribution in [3.63, 3.8) is 0 Å². The van der Waals surface area contributed by atoms with Gasteiger partial charge >= 0.3 is 12.4 Å². The Hall–Kier alpha value is -7.38. The van der Waals surface area contributed by atoms with Crippen LogP contribution < -0.4 is 9.47 Å². The molecular weight excluding hydrogens is 867 g/mol. The van der Waals surface area contributed by atoms with E-state index in [1.54, 1.807) is 46.3 Å². The lowest BCUT2D eigenvalue weighted by molar-refractivity contribution is -0.138. The molecule has 0 aliphatic carbocycles. The SMILES string of the molecule is COc1nc(-c2nc3n(n2)[C@@H](c2cccc(C(F)(F)F)c2)CCC3)ccc1-n1cnc(C)c1.COc1nc(-c2nc3n(n2)[C@H](c2cccc(C(F)(F)F)c2)CCC3)ccc1-n1cnc(C)c1. The van der Waals surface area contributed by atoms with Crippen LogP contribution in [0.3, 0.4) is 0 Å². The van der Waals surface area contributed by atoms with Crippen molar-refractivity contribution in [1.29, 1.82) is 0 Å². The van der Waals surface area contributed by atoms with Crippen LogP contribution in [0.2, 0.25) is 0 Å². The van der Waals surface area contributed by atoms with Gasteiger partial charge in [0, 0.05) is 25.2 Å². The molecular formula is C46H42F6N12O2. The maximum Gasteiger partial charge on any atom is 0.416 e. The van der Waals surface area contributed by atoms with E-state index in [-0.39, 0.29) is 12.1 Å². The molecule has 8 heterocycles. The molecule has 20 heteroatoms. The minimum Gasteiger partial charge on any atom is -0.479 e. The maximum atomic E-state index is 13.2. The van der Waals surface area contributed by atoms with Gasteiger partial charge in [0.25, 0.3) is 0 Å². The number of ether oxygens (including phenoxy) is 2. The number of aryl methyl sites for hydroxylation is 4. The normalized spacial score (nSPS) is 16.0. The topological polar surface area (TPSA) is 141 Å². The maximum absolute atomic E-state index is 13.2. The first-order valence-electron chi connectivity index (χ1n) is 21.0. The number of hydrogen-bond donors (Lipinski definition) is 0. The van der Waals surface area contributed by atoms with Crippen LogP contribution >= 0.6 is 0 Å². The molecule has 0 fully saturated rings. The van der Waals surface area contributed by atoms with Crippen LogP contribution in [-0.2, 0) is 25.2 Å². The van der Waals surface area contributed by atoms with Gasteiger partial charge in [0.2, 0.25) is 11.8 Å². The lowest BCUT2D eigenvalue weighted by atomic mass is 9.96. The van der Waals surface area contributed by atoms with Crippen molar-refractivity contribution in [2.24, 2.45) is 0 Å². The Bertz CT molecular complexity index is 2820. The summed E-state index contributed by atoms with van der Waals surface area (Å²) < 4.78 is 97.4. The average molecular weight is 909 g/mol. The third-order valence-electron chi connectivity index (χ3n) is 11.5. The van der Waals surface area contributed by atoms with Crippen molar-refractivity contribution < 1.29 is 35.8 Å². The van der Waals surface area contributed by atoms with Crippen molar-refractivity contribution in [2.75, 3.05) is 14.2 Å². The number of methoxy groups -OCH3 is 2. The van der Waals surface area contributed by atoms with E-state index in [1.807, 2.05) is 47.5 Å². The monoisotopic (exact) mass is 908 g/mol. The molecule has 0 saturated carbocycles. The third kappa shape index (κ3) is 8.86. The second-order valence-electron chi connectivity index (χ2n) is 15.9. The smallest absolute Gasteiger partial charge is 0.416 e. The fraction of sp³-hybridized carbons (Fsp3) is 0.304. The summed E-state index contributed by atoms with van der Waals surface area (Å²) in [7, 11) is 3.07. The second-order valence-corrected chi connectivity index (χ2v) is 15.9. The molecule has 0 N–H and O–H groups in total. The molecule has 2 aliphatic rings. The standard InChI is InChI=1S/2C23H21F3N6O/c2*1-14-12-31(13-27-14)19-10-9-17(28-22(19)33-2)21-29-20-8-4-7-18(32(20)30-21)15-5-3-6-16(11-15)23(24,25)26/h2*3,5-6,9-13,18H,4,7-8H2,1-2H3/t2*18-/m10/s1. The third-order valence-corrected chi connectivity index (χ3v) is 11.5. The summed E-state index contributed by atoms with van der Waals surface area (Å²) in [5.41, 5.74) is 4.05. The van der Waals surface area contributed by atoms with E-state index in [0.29, 0.717) is 71.6 Å². The summed E-state index contributed by atoms with van der Waals surface area (Å²) in [5.74, 6) is 3.08. The Kier molecular flexibility index (Phi) is 11.7.